The van der Waals surface area contributed by atoms with Gasteiger partial charge in [-0.05, 0) is 48.9 Å². The van der Waals surface area contributed by atoms with E-state index in [0.29, 0.717) is 17.6 Å². The van der Waals surface area contributed by atoms with Gasteiger partial charge in [-0.1, -0.05) is 48.9 Å². The lowest BCUT2D eigenvalue weighted by molar-refractivity contribution is -0.0999. The summed E-state index contributed by atoms with van der Waals surface area (Å²) in [6.07, 6.45) is 5.04. The van der Waals surface area contributed by atoms with Crippen LogP contribution in [0.1, 0.15) is 48.8 Å². The molecule has 2 aliphatic rings. The Hall–Kier alpha value is -2.15. The van der Waals surface area contributed by atoms with Gasteiger partial charge in [-0.3, -0.25) is 4.90 Å². The molecule has 0 saturated carbocycles. The number of nitriles is 1. The lowest BCUT2D eigenvalue weighted by Crippen LogP contribution is -2.56. The van der Waals surface area contributed by atoms with E-state index >= 15 is 0 Å². The molecule has 128 valence electrons. The first-order chi connectivity index (χ1) is 12.2. The minimum Gasteiger partial charge on any atom is -0.385 e. The number of rotatable bonds is 3. The highest BCUT2D eigenvalue weighted by molar-refractivity contribution is 5.36. The average Bonchev–Trinajstić information content (AvgIpc) is 2.64. The Morgan fingerprint density at radius 1 is 1.04 bits per heavy atom. The third-order valence-electron chi connectivity index (χ3n) is 5.90. The van der Waals surface area contributed by atoms with Gasteiger partial charge in [0.25, 0.3) is 0 Å². The maximum absolute atomic E-state index is 11.4. The highest BCUT2D eigenvalue weighted by Gasteiger charge is 2.46. The van der Waals surface area contributed by atoms with Crippen molar-refractivity contribution in [3.05, 3.63) is 71.3 Å². The molecule has 25 heavy (non-hydrogen) atoms. The summed E-state index contributed by atoms with van der Waals surface area (Å²) in [6, 6.07) is 21.2. The summed E-state index contributed by atoms with van der Waals surface area (Å²) in [6.45, 7) is 0.963. The average molecular weight is 332 g/mol. The highest BCUT2D eigenvalue weighted by Crippen LogP contribution is 2.44. The number of benzene rings is 2. The molecule has 2 unspecified atom stereocenters. The predicted molar refractivity (Wildman–Crippen MR) is 97.7 cm³/mol. The molecule has 1 N–H and O–H groups in total. The Bertz CT molecular complexity index is 766. The maximum atomic E-state index is 11.4. The molecule has 0 radical (unpaired) electrons. The second-order valence-electron chi connectivity index (χ2n) is 7.53. The van der Waals surface area contributed by atoms with Crippen LogP contribution in [-0.4, -0.2) is 22.1 Å². The Morgan fingerprint density at radius 3 is 2.44 bits per heavy atom. The van der Waals surface area contributed by atoms with E-state index in [1.807, 2.05) is 18.2 Å². The summed E-state index contributed by atoms with van der Waals surface area (Å²) >= 11 is 0. The van der Waals surface area contributed by atoms with Crippen LogP contribution in [-0.2, 0) is 12.1 Å². The standard InChI is InChI=1S/C22H24N2O/c23-15-18-8-4-9-19(12-18)22(25)13-20-10-5-11-21(14-22)24(20)16-17-6-2-1-3-7-17/h1-4,6-9,12,20-21,25H,5,10-11,13-14,16H2. The smallest absolute Gasteiger partial charge is 0.0991 e. The molecule has 2 aliphatic heterocycles. The van der Waals surface area contributed by atoms with Crippen molar-refractivity contribution < 1.29 is 5.11 Å². The Kier molecular flexibility index (Phi) is 4.33. The minimum absolute atomic E-state index is 0.406. The van der Waals surface area contributed by atoms with Crippen LogP contribution >= 0.6 is 0 Å². The van der Waals surface area contributed by atoms with Gasteiger partial charge in [0.05, 0.1) is 17.2 Å². The van der Waals surface area contributed by atoms with Gasteiger partial charge in [-0.2, -0.15) is 5.26 Å². The molecule has 0 aliphatic carbocycles. The van der Waals surface area contributed by atoms with Crippen molar-refractivity contribution in [1.29, 1.82) is 5.26 Å². The molecule has 0 aromatic heterocycles. The fraction of sp³-hybridized carbons (Fsp3) is 0.409. The van der Waals surface area contributed by atoms with Crippen LogP contribution in [0.5, 0.6) is 0 Å². The normalized spacial score (nSPS) is 29.1. The van der Waals surface area contributed by atoms with Gasteiger partial charge >= 0.3 is 0 Å². The van der Waals surface area contributed by atoms with E-state index in [1.165, 1.54) is 12.0 Å². The lowest BCUT2D eigenvalue weighted by Gasteiger charge is -2.52. The van der Waals surface area contributed by atoms with Crippen molar-refractivity contribution in [3.63, 3.8) is 0 Å². The van der Waals surface area contributed by atoms with E-state index < -0.39 is 5.60 Å². The molecule has 2 bridgehead atoms. The van der Waals surface area contributed by atoms with Gasteiger partial charge in [-0.25, -0.2) is 0 Å². The molecule has 2 saturated heterocycles. The van der Waals surface area contributed by atoms with Gasteiger partial charge in [0, 0.05) is 18.6 Å². The van der Waals surface area contributed by atoms with Crippen LogP contribution < -0.4 is 0 Å². The first-order valence-electron chi connectivity index (χ1n) is 9.21. The van der Waals surface area contributed by atoms with E-state index in [2.05, 4.69) is 41.3 Å². The summed E-state index contributed by atoms with van der Waals surface area (Å²) in [7, 11) is 0. The largest absolute Gasteiger partial charge is 0.385 e. The van der Waals surface area contributed by atoms with E-state index in [-0.39, 0.29) is 0 Å². The molecule has 3 heteroatoms. The van der Waals surface area contributed by atoms with Gasteiger partial charge in [0.15, 0.2) is 0 Å². The van der Waals surface area contributed by atoms with Gasteiger partial charge < -0.3 is 5.11 Å². The number of hydrogen-bond donors (Lipinski definition) is 1. The van der Waals surface area contributed by atoms with Crippen molar-refractivity contribution in [1.82, 2.24) is 4.90 Å². The fourth-order valence-electron chi connectivity index (χ4n) is 4.69. The van der Waals surface area contributed by atoms with Gasteiger partial charge in [-0.15, -0.1) is 0 Å². The van der Waals surface area contributed by atoms with E-state index in [0.717, 1.165) is 37.8 Å². The summed E-state index contributed by atoms with van der Waals surface area (Å²) in [5.41, 5.74) is 2.07. The highest BCUT2D eigenvalue weighted by atomic mass is 16.3. The number of aliphatic hydroxyl groups is 1. The molecule has 0 amide bonds. The topological polar surface area (TPSA) is 47.3 Å². The van der Waals surface area contributed by atoms with E-state index in [9.17, 15) is 10.4 Å². The van der Waals surface area contributed by atoms with Crippen LogP contribution in [0, 0.1) is 11.3 Å². The molecule has 2 heterocycles. The Balaban J connectivity index is 1.59. The van der Waals surface area contributed by atoms with E-state index in [1.54, 1.807) is 6.07 Å². The molecular weight excluding hydrogens is 308 g/mol. The second-order valence-corrected chi connectivity index (χ2v) is 7.53. The maximum Gasteiger partial charge on any atom is 0.0991 e. The molecule has 0 spiro atoms. The summed E-state index contributed by atoms with van der Waals surface area (Å²) in [5, 5.41) is 20.6. The molecule has 2 atom stereocenters. The van der Waals surface area contributed by atoms with Gasteiger partial charge in [0.1, 0.15) is 0 Å². The third kappa shape index (κ3) is 3.20. The Labute approximate surface area is 149 Å². The molecular formula is C22H24N2O. The zero-order chi connectivity index (χ0) is 17.3. The number of fused-ring (bicyclic) bond motifs is 2. The van der Waals surface area contributed by atoms with Crippen molar-refractivity contribution in [2.75, 3.05) is 0 Å². The monoisotopic (exact) mass is 332 g/mol. The zero-order valence-corrected chi connectivity index (χ0v) is 14.4. The van der Waals surface area contributed by atoms with Crippen LogP contribution in [0.3, 0.4) is 0 Å². The number of hydrogen-bond acceptors (Lipinski definition) is 3. The molecule has 4 rings (SSSR count). The summed E-state index contributed by atoms with van der Waals surface area (Å²) < 4.78 is 0. The number of nitrogens with zero attached hydrogens (tertiary/aromatic N) is 2. The second kappa shape index (κ2) is 6.63. The van der Waals surface area contributed by atoms with Crippen LogP contribution in [0.4, 0.5) is 0 Å². The Morgan fingerprint density at radius 2 is 1.76 bits per heavy atom. The summed E-state index contributed by atoms with van der Waals surface area (Å²) in [4.78, 5) is 2.60. The quantitative estimate of drug-likeness (QED) is 0.925. The molecule has 2 fully saturated rings. The van der Waals surface area contributed by atoms with Gasteiger partial charge in [0.2, 0.25) is 0 Å². The fourth-order valence-corrected chi connectivity index (χ4v) is 4.69. The lowest BCUT2D eigenvalue weighted by atomic mass is 9.72. The molecule has 2 aromatic rings. The summed E-state index contributed by atoms with van der Waals surface area (Å²) in [5.74, 6) is 0. The third-order valence-corrected chi connectivity index (χ3v) is 5.90. The van der Waals surface area contributed by atoms with Crippen LogP contribution in [0.15, 0.2) is 54.6 Å². The number of piperidine rings is 2. The van der Waals surface area contributed by atoms with Crippen molar-refractivity contribution >= 4 is 0 Å². The predicted octanol–water partition coefficient (Wildman–Crippen LogP) is 3.96. The first-order valence-corrected chi connectivity index (χ1v) is 9.21. The van der Waals surface area contributed by atoms with Crippen LogP contribution in [0.2, 0.25) is 0 Å². The molecule has 2 aromatic carbocycles. The molecule has 3 nitrogen and oxygen atoms in total. The van der Waals surface area contributed by atoms with Crippen molar-refractivity contribution in [3.8, 4) is 6.07 Å². The van der Waals surface area contributed by atoms with Crippen molar-refractivity contribution in [2.45, 2.75) is 56.3 Å². The SMILES string of the molecule is N#Cc1cccc(C2(O)CC3CCCC(C2)N3Cc2ccccc2)c1. The minimum atomic E-state index is -0.810. The van der Waals surface area contributed by atoms with Crippen LogP contribution in [0.25, 0.3) is 0 Å². The first kappa shape index (κ1) is 16.3. The van der Waals surface area contributed by atoms with Crippen molar-refractivity contribution in [2.24, 2.45) is 0 Å². The van der Waals surface area contributed by atoms with E-state index in [4.69, 9.17) is 0 Å². The zero-order valence-electron chi connectivity index (χ0n) is 14.4.